The van der Waals surface area contributed by atoms with Crippen molar-refractivity contribution < 1.29 is 9.18 Å². The van der Waals surface area contributed by atoms with Gasteiger partial charge in [-0.25, -0.2) is 23.7 Å². The van der Waals surface area contributed by atoms with Gasteiger partial charge in [-0.15, -0.1) is 0 Å². The van der Waals surface area contributed by atoms with Crippen molar-refractivity contribution in [2.75, 3.05) is 18.9 Å². The fourth-order valence-electron chi connectivity index (χ4n) is 5.55. The average molecular weight is 545 g/mol. The summed E-state index contributed by atoms with van der Waals surface area (Å²) in [7, 11) is 1.64. The number of rotatable bonds is 3. The van der Waals surface area contributed by atoms with Gasteiger partial charge < -0.3 is 15.5 Å². The number of imidazole rings is 1. The number of carbonyl (C=O) groups excluding carboxylic acids is 1. The molecule has 0 saturated heterocycles. The fraction of sp³-hybridized carbons (Fsp3) is 0.222. The molecule has 0 bridgehead atoms. The molecule has 1 aliphatic carbocycles. The number of urea groups is 1. The van der Waals surface area contributed by atoms with Crippen LogP contribution in [-0.2, 0) is 12.0 Å². The average Bonchev–Trinajstić information content (AvgIpc) is 3.51. The van der Waals surface area contributed by atoms with Gasteiger partial charge in [-0.05, 0) is 48.2 Å². The van der Waals surface area contributed by atoms with Gasteiger partial charge in [0.05, 0.1) is 5.02 Å². The number of hydrogen-bond donors (Lipinski definition) is 2. The molecule has 0 unspecified atom stereocenters. The molecule has 10 nitrogen and oxygen atoms in total. The van der Waals surface area contributed by atoms with Gasteiger partial charge in [-0.2, -0.15) is 4.98 Å². The van der Waals surface area contributed by atoms with Crippen LogP contribution in [0.3, 0.4) is 0 Å². The summed E-state index contributed by atoms with van der Waals surface area (Å²) in [5, 5.41) is 6.21. The topological polar surface area (TPSA) is 109 Å². The third-order valence-electron chi connectivity index (χ3n) is 7.55. The van der Waals surface area contributed by atoms with Crippen LogP contribution in [0.1, 0.15) is 24.0 Å². The van der Waals surface area contributed by atoms with E-state index >= 15 is 0 Å². The number of carbonyl (C=O) groups is 1. The molecule has 1 saturated carbocycles. The van der Waals surface area contributed by atoms with E-state index in [0.29, 0.717) is 12.2 Å². The molecular weight excluding hydrogens is 523 g/mol. The summed E-state index contributed by atoms with van der Waals surface area (Å²) in [4.78, 5) is 41.0. The molecule has 1 aliphatic heterocycles. The molecule has 2 amide bonds. The lowest BCUT2D eigenvalue weighted by atomic mass is 9.87. The van der Waals surface area contributed by atoms with E-state index in [-0.39, 0.29) is 39.3 Å². The number of nitrogens with zero attached hydrogens (tertiary/aromatic N) is 6. The van der Waals surface area contributed by atoms with E-state index in [9.17, 15) is 14.0 Å². The van der Waals surface area contributed by atoms with E-state index < -0.39 is 11.4 Å². The van der Waals surface area contributed by atoms with Crippen molar-refractivity contribution in [2.24, 2.45) is 0 Å². The van der Waals surface area contributed by atoms with Gasteiger partial charge in [0.2, 0.25) is 11.7 Å². The first-order valence-electron chi connectivity index (χ1n) is 12.4. The Morgan fingerprint density at radius 1 is 1.18 bits per heavy atom. The lowest BCUT2D eigenvalue weighted by Crippen LogP contribution is -2.45. The number of halogens is 2. The number of anilines is 2. The minimum Gasteiger partial charge on any atom is -0.341 e. The SMILES string of the molecule is CNC(=O)N1Cc2cc(Nc3ncc4c(=O)n(-c5c(F)cccc5Cl)c5nccn5c4n3)ccc2C2(CC2)C1. The smallest absolute Gasteiger partial charge is 0.317 e. The molecule has 2 N–H and O–H groups in total. The molecule has 2 aromatic carbocycles. The summed E-state index contributed by atoms with van der Waals surface area (Å²) in [6.45, 7) is 1.23. The number of fused-ring (bicyclic) bond motifs is 5. The molecule has 0 atom stereocenters. The van der Waals surface area contributed by atoms with Gasteiger partial charge in [-0.3, -0.25) is 9.20 Å². The van der Waals surface area contributed by atoms with Crippen LogP contribution in [-0.4, -0.2) is 48.4 Å². The van der Waals surface area contributed by atoms with Gasteiger partial charge in [0.15, 0.2) is 5.65 Å². The van der Waals surface area contributed by atoms with Gasteiger partial charge in [0.25, 0.3) is 5.56 Å². The zero-order valence-electron chi connectivity index (χ0n) is 20.8. The van der Waals surface area contributed by atoms with Crippen molar-refractivity contribution in [2.45, 2.75) is 24.8 Å². The first-order chi connectivity index (χ1) is 18.9. The van der Waals surface area contributed by atoms with Crippen molar-refractivity contribution >= 4 is 46.1 Å². The molecule has 1 fully saturated rings. The lowest BCUT2D eigenvalue weighted by molar-refractivity contribution is 0.185. The second-order valence-electron chi connectivity index (χ2n) is 9.93. The maximum absolute atomic E-state index is 14.8. The van der Waals surface area contributed by atoms with Gasteiger partial charge >= 0.3 is 6.03 Å². The third-order valence-corrected chi connectivity index (χ3v) is 7.86. The van der Waals surface area contributed by atoms with Crippen LogP contribution in [0.25, 0.3) is 22.5 Å². The van der Waals surface area contributed by atoms with Crippen LogP contribution in [0.5, 0.6) is 0 Å². The van der Waals surface area contributed by atoms with E-state index in [1.54, 1.807) is 17.6 Å². The lowest BCUT2D eigenvalue weighted by Gasteiger charge is -2.35. The Bertz CT molecular complexity index is 1860. The van der Waals surface area contributed by atoms with E-state index in [4.69, 9.17) is 11.6 Å². The molecular formula is C27H22ClFN8O2. The molecule has 2 aliphatic rings. The first kappa shape index (κ1) is 23.6. The quantitative estimate of drug-likeness (QED) is 0.353. The second-order valence-corrected chi connectivity index (χ2v) is 10.3. The minimum atomic E-state index is -0.650. The predicted octanol–water partition coefficient (Wildman–Crippen LogP) is 4.15. The molecule has 12 heteroatoms. The summed E-state index contributed by atoms with van der Waals surface area (Å²) >= 11 is 6.27. The zero-order chi connectivity index (χ0) is 26.9. The highest BCUT2D eigenvalue weighted by molar-refractivity contribution is 6.32. The molecule has 1 spiro atoms. The predicted molar refractivity (Wildman–Crippen MR) is 144 cm³/mol. The highest BCUT2D eigenvalue weighted by atomic mass is 35.5. The highest BCUT2D eigenvalue weighted by Crippen LogP contribution is 2.52. The monoisotopic (exact) mass is 544 g/mol. The van der Waals surface area contributed by atoms with Crippen LogP contribution in [0.4, 0.5) is 20.8 Å². The largest absolute Gasteiger partial charge is 0.341 e. The molecule has 196 valence electrons. The summed E-state index contributed by atoms with van der Waals surface area (Å²) in [6.07, 6.45) is 6.67. The van der Waals surface area contributed by atoms with Crippen molar-refractivity contribution in [1.29, 1.82) is 0 Å². The van der Waals surface area contributed by atoms with Crippen LogP contribution < -0.4 is 16.2 Å². The number of nitrogens with one attached hydrogen (secondary N) is 2. The number of aromatic nitrogens is 5. The molecule has 4 heterocycles. The van der Waals surface area contributed by atoms with Crippen molar-refractivity contribution in [1.82, 2.24) is 34.1 Å². The van der Waals surface area contributed by atoms with Crippen LogP contribution in [0, 0.1) is 5.82 Å². The summed E-state index contributed by atoms with van der Waals surface area (Å²) in [6, 6.07) is 10.2. The summed E-state index contributed by atoms with van der Waals surface area (Å²) in [5.41, 5.74) is 2.84. The highest BCUT2D eigenvalue weighted by Gasteiger charge is 2.49. The Morgan fingerprint density at radius 3 is 2.79 bits per heavy atom. The maximum atomic E-state index is 14.8. The van der Waals surface area contributed by atoms with Crippen molar-refractivity contribution in [3.63, 3.8) is 0 Å². The van der Waals surface area contributed by atoms with Gasteiger partial charge in [0.1, 0.15) is 16.9 Å². The maximum Gasteiger partial charge on any atom is 0.317 e. The van der Waals surface area contributed by atoms with Crippen molar-refractivity contribution in [3.8, 4) is 5.69 Å². The number of para-hydroxylation sites is 1. The first-order valence-corrected chi connectivity index (χ1v) is 12.8. The summed E-state index contributed by atoms with van der Waals surface area (Å²) < 4.78 is 17.5. The molecule has 7 rings (SSSR count). The normalized spacial score (nSPS) is 15.5. The van der Waals surface area contributed by atoms with E-state index in [1.807, 2.05) is 17.0 Å². The Kier molecular flexibility index (Phi) is 5.14. The second kappa shape index (κ2) is 8.50. The number of benzene rings is 2. The molecule has 39 heavy (non-hydrogen) atoms. The Balaban J connectivity index is 1.29. The Morgan fingerprint density at radius 2 is 2.03 bits per heavy atom. The van der Waals surface area contributed by atoms with Crippen LogP contribution in [0.15, 0.2) is 59.8 Å². The Labute approximate surface area is 226 Å². The van der Waals surface area contributed by atoms with E-state index in [0.717, 1.165) is 35.2 Å². The van der Waals surface area contributed by atoms with E-state index in [1.165, 1.54) is 36.2 Å². The zero-order valence-corrected chi connectivity index (χ0v) is 21.5. The number of hydrogen-bond acceptors (Lipinski definition) is 6. The van der Waals surface area contributed by atoms with Gasteiger partial charge in [-0.1, -0.05) is 23.7 Å². The number of amides is 2. The van der Waals surface area contributed by atoms with Crippen LogP contribution >= 0.6 is 11.6 Å². The van der Waals surface area contributed by atoms with Crippen LogP contribution in [0.2, 0.25) is 5.02 Å². The third kappa shape index (κ3) is 3.64. The standard InChI is InChI=1S/C27H22ClFN8O2/c1-30-26(39)35-13-15-11-16(5-6-18(15)27(14-35)7-8-27)33-24-32-12-17-22(34-24)36-10-9-31-25(36)37(23(17)38)21-19(28)3-2-4-20(21)29/h2-6,9-12H,7-8,13-14H2,1H3,(H,30,39)(H,32,33,34). The van der Waals surface area contributed by atoms with Crippen molar-refractivity contribution in [3.05, 3.63) is 87.3 Å². The molecule has 0 radical (unpaired) electrons. The minimum absolute atomic E-state index is 0.0339. The fourth-order valence-corrected chi connectivity index (χ4v) is 5.80. The molecule has 3 aromatic heterocycles. The van der Waals surface area contributed by atoms with E-state index in [2.05, 4.69) is 31.7 Å². The molecule has 5 aromatic rings. The summed E-state index contributed by atoms with van der Waals surface area (Å²) in [5.74, 6) is -0.205. The Hall–Kier alpha value is -4.51. The van der Waals surface area contributed by atoms with Gasteiger partial charge in [0, 0.05) is 49.8 Å².